The molecule has 4 aromatic rings. The molecular weight excluding hydrogens is 316 g/mol. The van der Waals surface area contributed by atoms with Crippen molar-refractivity contribution in [2.75, 3.05) is 11.9 Å². The summed E-state index contributed by atoms with van der Waals surface area (Å²) in [6.07, 6.45) is 0. The molecule has 118 valence electrons. The summed E-state index contributed by atoms with van der Waals surface area (Å²) in [5, 5.41) is 6.79. The Bertz CT molecular complexity index is 1060. The van der Waals surface area contributed by atoms with Crippen LogP contribution in [0.3, 0.4) is 0 Å². The van der Waals surface area contributed by atoms with Crippen LogP contribution in [-0.4, -0.2) is 21.1 Å². The average molecular weight is 332 g/mol. The number of hydrogen-bond acceptors (Lipinski definition) is 4. The van der Waals surface area contributed by atoms with E-state index in [0.717, 1.165) is 41.8 Å². The molecule has 0 bridgehead atoms. The van der Waals surface area contributed by atoms with Crippen molar-refractivity contribution in [1.82, 2.24) is 14.5 Å². The number of hydrogen-bond donors (Lipinski definition) is 1. The highest BCUT2D eigenvalue weighted by molar-refractivity contribution is 7.17. The summed E-state index contributed by atoms with van der Waals surface area (Å²) in [7, 11) is 0. The van der Waals surface area contributed by atoms with E-state index in [0.29, 0.717) is 0 Å². The van der Waals surface area contributed by atoms with Gasteiger partial charge in [0.2, 0.25) is 5.95 Å². The maximum Gasteiger partial charge on any atom is 0.204 e. The van der Waals surface area contributed by atoms with E-state index in [1.807, 2.05) is 25.1 Å². The first kappa shape index (κ1) is 13.7. The number of anilines is 1. The average Bonchev–Trinajstić information content (AvgIpc) is 3.29. The summed E-state index contributed by atoms with van der Waals surface area (Å²) in [6, 6.07) is 14.9. The molecule has 4 nitrogen and oxygen atoms in total. The van der Waals surface area contributed by atoms with E-state index in [9.17, 15) is 0 Å². The van der Waals surface area contributed by atoms with Crippen molar-refractivity contribution in [2.45, 2.75) is 13.5 Å². The van der Waals surface area contributed by atoms with Gasteiger partial charge in [-0.1, -0.05) is 12.1 Å². The van der Waals surface area contributed by atoms with Gasteiger partial charge in [0.15, 0.2) is 0 Å². The Hall–Kier alpha value is -2.66. The zero-order valence-corrected chi connectivity index (χ0v) is 14.1. The lowest BCUT2D eigenvalue weighted by atomic mass is 10.1. The number of imidazole rings is 1. The van der Waals surface area contributed by atoms with Crippen LogP contribution in [0.4, 0.5) is 5.95 Å². The van der Waals surface area contributed by atoms with Gasteiger partial charge in [-0.3, -0.25) is 4.98 Å². The van der Waals surface area contributed by atoms with Crippen LogP contribution >= 0.6 is 11.3 Å². The molecule has 0 spiro atoms. The van der Waals surface area contributed by atoms with Crippen LogP contribution in [0.1, 0.15) is 5.69 Å². The third-order valence-electron chi connectivity index (χ3n) is 4.44. The third kappa shape index (κ3) is 2.05. The van der Waals surface area contributed by atoms with Crippen LogP contribution < -0.4 is 5.32 Å². The summed E-state index contributed by atoms with van der Waals surface area (Å²) < 4.78 is 3.58. The molecule has 3 aromatic heterocycles. The number of aromatic nitrogens is 3. The minimum absolute atomic E-state index is 0.928. The van der Waals surface area contributed by atoms with E-state index >= 15 is 0 Å². The normalized spacial score (nSPS) is 13.2. The van der Waals surface area contributed by atoms with Crippen molar-refractivity contribution in [3.8, 4) is 22.6 Å². The highest BCUT2D eigenvalue weighted by Crippen LogP contribution is 2.37. The molecule has 4 heterocycles. The minimum Gasteiger partial charge on any atom is -0.354 e. The lowest BCUT2D eigenvalue weighted by Gasteiger charge is -2.08. The Kier molecular flexibility index (Phi) is 2.97. The maximum atomic E-state index is 4.84. The summed E-state index contributed by atoms with van der Waals surface area (Å²) in [5.41, 5.74) is 5.24. The van der Waals surface area contributed by atoms with Gasteiger partial charge in [0, 0.05) is 29.0 Å². The number of pyridine rings is 1. The molecule has 0 saturated carbocycles. The van der Waals surface area contributed by atoms with E-state index in [1.54, 1.807) is 11.3 Å². The number of benzene rings is 1. The van der Waals surface area contributed by atoms with Gasteiger partial charge in [-0.2, -0.15) is 0 Å². The molecule has 0 amide bonds. The Morgan fingerprint density at radius 3 is 3.00 bits per heavy atom. The molecule has 1 aliphatic rings. The van der Waals surface area contributed by atoms with Gasteiger partial charge >= 0.3 is 0 Å². The van der Waals surface area contributed by atoms with Crippen LogP contribution in [0.15, 0.2) is 47.8 Å². The Balaban J connectivity index is 1.77. The van der Waals surface area contributed by atoms with Crippen molar-refractivity contribution >= 4 is 27.4 Å². The van der Waals surface area contributed by atoms with E-state index in [2.05, 4.69) is 39.5 Å². The topological polar surface area (TPSA) is 42.7 Å². The maximum absolute atomic E-state index is 4.84. The van der Waals surface area contributed by atoms with Crippen molar-refractivity contribution in [2.24, 2.45) is 0 Å². The highest BCUT2D eigenvalue weighted by Gasteiger charge is 2.23. The van der Waals surface area contributed by atoms with Gasteiger partial charge in [0.05, 0.1) is 11.4 Å². The second-order valence-electron chi connectivity index (χ2n) is 6.05. The molecule has 1 aromatic carbocycles. The number of fused-ring (bicyclic) bond motifs is 2. The molecule has 0 aliphatic carbocycles. The Labute approximate surface area is 143 Å². The van der Waals surface area contributed by atoms with E-state index in [-0.39, 0.29) is 0 Å². The smallest absolute Gasteiger partial charge is 0.204 e. The summed E-state index contributed by atoms with van der Waals surface area (Å²) >= 11 is 1.77. The standard InChI is InChI=1S/C19H16N4S/c1-12-3-2-4-15(21-12)17-18(23-9-8-20-19(23)22-17)14-5-6-16-13(11-14)7-10-24-16/h2-7,10-11H,8-9H2,1H3,(H,20,22). The molecule has 0 unspecified atom stereocenters. The molecule has 0 atom stereocenters. The van der Waals surface area contributed by atoms with Crippen LogP contribution in [0.2, 0.25) is 0 Å². The lowest BCUT2D eigenvalue weighted by molar-refractivity contribution is 0.817. The SMILES string of the molecule is Cc1cccc(-c2nc3n(c2-c2ccc4sccc4c2)CCN3)n1. The number of aryl methyl sites for hydroxylation is 1. The van der Waals surface area contributed by atoms with Gasteiger partial charge in [-0.25, -0.2) is 4.98 Å². The zero-order valence-electron chi connectivity index (χ0n) is 13.3. The monoisotopic (exact) mass is 332 g/mol. The third-order valence-corrected chi connectivity index (χ3v) is 5.34. The molecule has 1 aliphatic heterocycles. The highest BCUT2D eigenvalue weighted by atomic mass is 32.1. The Morgan fingerprint density at radius 1 is 1.12 bits per heavy atom. The number of rotatable bonds is 2. The fourth-order valence-corrected chi connectivity index (χ4v) is 4.12. The lowest BCUT2D eigenvalue weighted by Crippen LogP contribution is -1.99. The first-order valence-corrected chi connectivity index (χ1v) is 8.93. The van der Waals surface area contributed by atoms with Crippen LogP contribution in [0.5, 0.6) is 0 Å². The van der Waals surface area contributed by atoms with Crippen LogP contribution in [-0.2, 0) is 6.54 Å². The quantitative estimate of drug-likeness (QED) is 0.585. The fraction of sp³-hybridized carbons (Fsp3) is 0.158. The largest absolute Gasteiger partial charge is 0.354 e. The summed E-state index contributed by atoms with van der Waals surface area (Å²) in [4.78, 5) is 9.53. The summed E-state index contributed by atoms with van der Waals surface area (Å²) in [5.74, 6) is 0.939. The molecule has 1 N–H and O–H groups in total. The number of nitrogens with one attached hydrogen (secondary N) is 1. The van der Waals surface area contributed by atoms with Crippen molar-refractivity contribution in [3.63, 3.8) is 0 Å². The number of nitrogens with zero attached hydrogens (tertiary/aromatic N) is 3. The van der Waals surface area contributed by atoms with Gasteiger partial charge < -0.3 is 9.88 Å². The molecule has 5 rings (SSSR count). The molecule has 0 radical (unpaired) electrons. The van der Waals surface area contributed by atoms with Crippen molar-refractivity contribution in [3.05, 3.63) is 53.5 Å². The molecule has 5 heteroatoms. The van der Waals surface area contributed by atoms with Gasteiger partial charge in [0.1, 0.15) is 5.69 Å². The van der Waals surface area contributed by atoms with Gasteiger partial charge in [0.25, 0.3) is 0 Å². The Morgan fingerprint density at radius 2 is 2.08 bits per heavy atom. The van der Waals surface area contributed by atoms with Gasteiger partial charge in [-0.15, -0.1) is 11.3 Å². The zero-order chi connectivity index (χ0) is 16.1. The summed E-state index contributed by atoms with van der Waals surface area (Å²) in [6.45, 7) is 3.88. The molecule has 0 saturated heterocycles. The van der Waals surface area contributed by atoms with Crippen LogP contribution in [0, 0.1) is 6.92 Å². The van der Waals surface area contributed by atoms with Crippen molar-refractivity contribution in [1.29, 1.82) is 0 Å². The molecule has 24 heavy (non-hydrogen) atoms. The predicted octanol–water partition coefficient (Wildman–Crippen LogP) is 4.56. The van der Waals surface area contributed by atoms with E-state index in [4.69, 9.17) is 9.97 Å². The fourth-order valence-electron chi connectivity index (χ4n) is 3.35. The second-order valence-corrected chi connectivity index (χ2v) is 7.00. The predicted molar refractivity (Wildman–Crippen MR) is 99.5 cm³/mol. The van der Waals surface area contributed by atoms with Gasteiger partial charge in [-0.05, 0) is 48.0 Å². The first-order valence-electron chi connectivity index (χ1n) is 8.06. The first-order chi connectivity index (χ1) is 11.8. The second kappa shape index (κ2) is 5.18. The minimum atomic E-state index is 0.928. The molecular formula is C19H16N4S. The van der Waals surface area contributed by atoms with Crippen LogP contribution in [0.25, 0.3) is 32.7 Å². The number of thiophene rings is 1. The van der Waals surface area contributed by atoms with Crippen molar-refractivity contribution < 1.29 is 0 Å². The van der Waals surface area contributed by atoms with E-state index in [1.165, 1.54) is 15.6 Å². The molecule has 0 fully saturated rings. The van der Waals surface area contributed by atoms with E-state index < -0.39 is 0 Å².